The Morgan fingerprint density at radius 1 is 1.33 bits per heavy atom. The van der Waals surface area contributed by atoms with Gasteiger partial charge < -0.3 is 20.5 Å². The van der Waals surface area contributed by atoms with Crippen LogP contribution in [-0.2, 0) is 11.2 Å². The monoisotopic (exact) mass is 293 g/mol. The van der Waals surface area contributed by atoms with Crippen molar-refractivity contribution >= 4 is 5.96 Å². The van der Waals surface area contributed by atoms with Crippen LogP contribution in [0.2, 0.25) is 0 Å². The predicted octanol–water partition coefficient (Wildman–Crippen LogP) is 1.18. The molecule has 1 aromatic carbocycles. The highest BCUT2D eigenvalue weighted by Crippen LogP contribution is 2.03. The summed E-state index contributed by atoms with van der Waals surface area (Å²) in [4.78, 5) is 4.42. The van der Waals surface area contributed by atoms with E-state index in [1.165, 1.54) is 0 Å². The maximum Gasteiger partial charge on any atom is 0.191 e. The SMILES string of the molecule is CCNC(=NCC(O)Cc1ccccc1)NC(C)COC. The molecule has 0 aromatic heterocycles. The first-order valence-electron chi connectivity index (χ1n) is 7.41. The van der Waals surface area contributed by atoms with Crippen LogP contribution in [0.4, 0.5) is 0 Å². The Hall–Kier alpha value is -1.59. The Bertz CT molecular complexity index is 409. The standard InChI is InChI=1S/C16H27N3O2/c1-4-17-16(19-13(2)12-21-3)18-11-15(20)10-14-8-6-5-7-9-14/h5-9,13,15,20H,4,10-12H2,1-3H3,(H2,17,18,19). The van der Waals surface area contributed by atoms with Crippen molar-refractivity contribution in [3.05, 3.63) is 35.9 Å². The van der Waals surface area contributed by atoms with Gasteiger partial charge in [0.15, 0.2) is 5.96 Å². The van der Waals surface area contributed by atoms with Crippen molar-refractivity contribution in [2.45, 2.75) is 32.4 Å². The molecule has 0 aliphatic heterocycles. The highest BCUT2D eigenvalue weighted by atomic mass is 16.5. The summed E-state index contributed by atoms with van der Waals surface area (Å²) in [6.07, 6.45) is 0.123. The lowest BCUT2D eigenvalue weighted by Gasteiger charge is -2.17. The summed E-state index contributed by atoms with van der Waals surface area (Å²) in [5.41, 5.74) is 1.12. The first-order valence-corrected chi connectivity index (χ1v) is 7.41. The molecule has 0 amide bonds. The van der Waals surface area contributed by atoms with Gasteiger partial charge >= 0.3 is 0 Å². The van der Waals surface area contributed by atoms with E-state index >= 15 is 0 Å². The van der Waals surface area contributed by atoms with E-state index in [4.69, 9.17) is 4.74 Å². The number of benzene rings is 1. The maximum absolute atomic E-state index is 10.1. The fourth-order valence-electron chi connectivity index (χ4n) is 1.99. The van der Waals surface area contributed by atoms with Gasteiger partial charge in [-0.05, 0) is 19.4 Å². The van der Waals surface area contributed by atoms with Gasteiger partial charge in [0, 0.05) is 26.1 Å². The van der Waals surface area contributed by atoms with Crippen LogP contribution in [0.15, 0.2) is 35.3 Å². The van der Waals surface area contributed by atoms with Gasteiger partial charge in [-0.2, -0.15) is 0 Å². The zero-order chi connectivity index (χ0) is 15.5. The minimum absolute atomic E-state index is 0.166. The van der Waals surface area contributed by atoms with Crippen molar-refractivity contribution in [2.24, 2.45) is 4.99 Å². The van der Waals surface area contributed by atoms with Gasteiger partial charge in [0.2, 0.25) is 0 Å². The van der Waals surface area contributed by atoms with E-state index < -0.39 is 6.10 Å². The summed E-state index contributed by atoms with van der Waals surface area (Å²) in [7, 11) is 1.67. The van der Waals surface area contributed by atoms with Gasteiger partial charge in [-0.3, -0.25) is 4.99 Å². The maximum atomic E-state index is 10.1. The zero-order valence-electron chi connectivity index (χ0n) is 13.2. The van der Waals surface area contributed by atoms with Crippen molar-refractivity contribution in [2.75, 3.05) is 26.8 Å². The van der Waals surface area contributed by atoms with Gasteiger partial charge in [0.1, 0.15) is 0 Å². The minimum Gasteiger partial charge on any atom is -0.391 e. The van der Waals surface area contributed by atoms with Crippen molar-refractivity contribution in [1.29, 1.82) is 0 Å². The summed E-state index contributed by atoms with van der Waals surface area (Å²) >= 11 is 0. The molecule has 0 fully saturated rings. The zero-order valence-corrected chi connectivity index (χ0v) is 13.2. The molecule has 21 heavy (non-hydrogen) atoms. The van der Waals surface area contributed by atoms with Crippen molar-refractivity contribution in [3.63, 3.8) is 0 Å². The van der Waals surface area contributed by atoms with E-state index in [0.29, 0.717) is 25.5 Å². The molecule has 5 nitrogen and oxygen atoms in total. The van der Waals surface area contributed by atoms with Crippen LogP contribution in [0.3, 0.4) is 0 Å². The molecule has 0 spiro atoms. The lowest BCUT2D eigenvalue weighted by atomic mass is 10.1. The lowest BCUT2D eigenvalue weighted by Crippen LogP contribution is -2.44. The number of aliphatic imine (C=N–C) groups is 1. The van der Waals surface area contributed by atoms with Crippen LogP contribution < -0.4 is 10.6 Å². The Morgan fingerprint density at radius 3 is 2.67 bits per heavy atom. The number of rotatable bonds is 8. The van der Waals surface area contributed by atoms with Gasteiger partial charge in [0.25, 0.3) is 0 Å². The molecule has 0 bridgehead atoms. The van der Waals surface area contributed by atoms with Crippen LogP contribution in [0.5, 0.6) is 0 Å². The highest BCUT2D eigenvalue weighted by Gasteiger charge is 2.07. The first-order chi connectivity index (χ1) is 10.2. The quantitative estimate of drug-likeness (QED) is 0.497. The average molecular weight is 293 g/mol. The molecule has 1 aromatic rings. The van der Waals surface area contributed by atoms with Gasteiger partial charge in [0.05, 0.1) is 19.3 Å². The topological polar surface area (TPSA) is 65.9 Å². The Kier molecular flexibility index (Phi) is 8.47. The van der Waals surface area contributed by atoms with E-state index in [-0.39, 0.29) is 6.04 Å². The Labute approximate surface area is 127 Å². The second-order valence-corrected chi connectivity index (χ2v) is 5.06. The summed E-state index contributed by atoms with van der Waals surface area (Å²) in [5.74, 6) is 0.703. The number of methoxy groups -OCH3 is 1. The number of hydrogen-bond donors (Lipinski definition) is 3. The number of aliphatic hydroxyl groups excluding tert-OH is 1. The van der Waals surface area contributed by atoms with Crippen LogP contribution in [0.25, 0.3) is 0 Å². The van der Waals surface area contributed by atoms with Crippen LogP contribution in [0, 0.1) is 0 Å². The van der Waals surface area contributed by atoms with Crippen molar-refractivity contribution in [3.8, 4) is 0 Å². The fraction of sp³-hybridized carbons (Fsp3) is 0.562. The Balaban J connectivity index is 2.48. The molecule has 0 aliphatic rings. The third kappa shape index (κ3) is 7.68. The average Bonchev–Trinajstić information content (AvgIpc) is 2.46. The first kappa shape index (κ1) is 17.5. The van der Waals surface area contributed by atoms with Gasteiger partial charge in [-0.25, -0.2) is 0 Å². The number of aliphatic hydroxyl groups is 1. The number of nitrogens with zero attached hydrogens (tertiary/aromatic N) is 1. The molecule has 1 rings (SSSR count). The molecule has 2 unspecified atom stereocenters. The third-order valence-corrected chi connectivity index (χ3v) is 2.92. The normalized spacial score (nSPS) is 14.6. The molecule has 0 saturated heterocycles. The molecule has 3 N–H and O–H groups in total. The number of hydrogen-bond acceptors (Lipinski definition) is 3. The minimum atomic E-state index is -0.486. The van der Waals surface area contributed by atoms with Crippen molar-refractivity contribution < 1.29 is 9.84 Å². The predicted molar refractivity (Wildman–Crippen MR) is 86.6 cm³/mol. The molecule has 5 heteroatoms. The number of guanidine groups is 1. The van der Waals surface area contributed by atoms with E-state index in [0.717, 1.165) is 12.1 Å². The van der Waals surface area contributed by atoms with E-state index in [1.807, 2.05) is 44.2 Å². The summed E-state index contributed by atoms with van der Waals surface area (Å²) in [6.45, 7) is 5.79. The molecule has 118 valence electrons. The molecule has 0 aliphatic carbocycles. The summed E-state index contributed by atoms with van der Waals surface area (Å²) < 4.78 is 5.09. The smallest absolute Gasteiger partial charge is 0.191 e. The third-order valence-electron chi connectivity index (χ3n) is 2.92. The summed E-state index contributed by atoms with van der Waals surface area (Å²) in [5, 5.41) is 16.5. The second kappa shape index (κ2) is 10.2. The molecule has 2 atom stereocenters. The second-order valence-electron chi connectivity index (χ2n) is 5.06. The van der Waals surface area contributed by atoms with E-state index in [2.05, 4.69) is 15.6 Å². The van der Waals surface area contributed by atoms with Crippen LogP contribution in [-0.4, -0.2) is 50.0 Å². The van der Waals surface area contributed by atoms with E-state index in [1.54, 1.807) is 7.11 Å². The molecule has 0 radical (unpaired) electrons. The largest absolute Gasteiger partial charge is 0.391 e. The highest BCUT2D eigenvalue weighted by molar-refractivity contribution is 5.80. The Morgan fingerprint density at radius 2 is 2.05 bits per heavy atom. The molecular weight excluding hydrogens is 266 g/mol. The van der Waals surface area contributed by atoms with Crippen LogP contribution >= 0.6 is 0 Å². The molecule has 0 saturated carbocycles. The molecular formula is C16H27N3O2. The van der Waals surface area contributed by atoms with E-state index in [9.17, 15) is 5.11 Å². The van der Waals surface area contributed by atoms with Gasteiger partial charge in [-0.15, -0.1) is 0 Å². The lowest BCUT2D eigenvalue weighted by molar-refractivity contribution is 0.177. The van der Waals surface area contributed by atoms with Crippen molar-refractivity contribution in [1.82, 2.24) is 10.6 Å². The number of nitrogens with one attached hydrogen (secondary N) is 2. The fourth-order valence-corrected chi connectivity index (χ4v) is 1.99. The summed E-state index contributed by atoms with van der Waals surface area (Å²) in [6, 6.07) is 10.1. The van der Waals surface area contributed by atoms with Gasteiger partial charge in [-0.1, -0.05) is 30.3 Å². The molecule has 0 heterocycles. The number of ether oxygens (including phenoxy) is 1. The van der Waals surface area contributed by atoms with Crippen LogP contribution in [0.1, 0.15) is 19.4 Å².